The standard InChI is InChI=1S/C12H15F2N3/c1-2-7-16-12(15)17-8-6-9-10(13)4-3-5-11(9)14/h2-5H,1,6-8H2,(H3,15,16,17). The highest BCUT2D eigenvalue weighted by atomic mass is 19.1. The van der Waals surface area contributed by atoms with Crippen molar-refractivity contribution < 1.29 is 8.78 Å². The second-order valence-electron chi connectivity index (χ2n) is 3.39. The van der Waals surface area contributed by atoms with E-state index in [2.05, 4.69) is 16.9 Å². The summed E-state index contributed by atoms with van der Waals surface area (Å²) in [7, 11) is 0. The van der Waals surface area contributed by atoms with Crippen LogP contribution in [-0.4, -0.2) is 19.0 Å². The highest BCUT2D eigenvalue weighted by Crippen LogP contribution is 2.12. The maximum absolute atomic E-state index is 13.2. The second kappa shape index (κ2) is 6.62. The van der Waals surface area contributed by atoms with Crippen LogP contribution in [0.2, 0.25) is 0 Å². The summed E-state index contributed by atoms with van der Waals surface area (Å²) < 4.78 is 26.5. The number of nitrogens with two attached hydrogens (primary N) is 1. The molecular formula is C12H15F2N3. The van der Waals surface area contributed by atoms with Gasteiger partial charge in [0.2, 0.25) is 0 Å². The molecule has 0 spiro atoms. The van der Waals surface area contributed by atoms with Crippen LogP contribution in [0.5, 0.6) is 0 Å². The molecule has 0 aromatic heterocycles. The molecule has 0 fully saturated rings. The third kappa shape index (κ3) is 4.22. The lowest BCUT2D eigenvalue weighted by Crippen LogP contribution is -2.31. The van der Waals surface area contributed by atoms with Crippen LogP contribution in [0.1, 0.15) is 5.56 Å². The monoisotopic (exact) mass is 239 g/mol. The molecule has 0 saturated heterocycles. The van der Waals surface area contributed by atoms with Gasteiger partial charge in [-0.1, -0.05) is 12.1 Å². The van der Waals surface area contributed by atoms with Gasteiger partial charge in [-0.25, -0.2) is 8.78 Å². The number of benzene rings is 1. The Morgan fingerprint density at radius 3 is 2.65 bits per heavy atom. The van der Waals surface area contributed by atoms with Gasteiger partial charge >= 0.3 is 0 Å². The van der Waals surface area contributed by atoms with Crippen molar-refractivity contribution in [1.29, 1.82) is 0 Å². The van der Waals surface area contributed by atoms with Crippen molar-refractivity contribution >= 4 is 5.96 Å². The molecule has 0 aliphatic carbocycles. The number of rotatable bonds is 5. The van der Waals surface area contributed by atoms with Gasteiger partial charge in [-0.3, -0.25) is 4.99 Å². The molecule has 1 aromatic carbocycles. The van der Waals surface area contributed by atoms with Crippen LogP contribution in [0.4, 0.5) is 8.78 Å². The Balaban J connectivity index is 2.53. The first-order valence-electron chi connectivity index (χ1n) is 5.22. The second-order valence-corrected chi connectivity index (χ2v) is 3.39. The Bertz CT molecular complexity index is 396. The number of nitrogens with zero attached hydrogens (tertiary/aromatic N) is 1. The van der Waals surface area contributed by atoms with E-state index in [-0.39, 0.29) is 24.5 Å². The number of hydrogen-bond acceptors (Lipinski definition) is 1. The highest BCUT2D eigenvalue weighted by molar-refractivity contribution is 5.77. The molecule has 0 amide bonds. The van der Waals surface area contributed by atoms with Gasteiger partial charge in [0.15, 0.2) is 5.96 Å². The van der Waals surface area contributed by atoms with Gasteiger partial charge < -0.3 is 11.1 Å². The maximum Gasteiger partial charge on any atom is 0.188 e. The van der Waals surface area contributed by atoms with E-state index >= 15 is 0 Å². The average Bonchev–Trinajstić information content (AvgIpc) is 2.30. The molecule has 3 nitrogen and oxygen atoms in total. The lowest BCUT2D eigenvalue weighted by molar-refractivity contribution is 0.555. The largest absolute Gasteiger partial charge is 0.370 e. The highest BCUT2D eigenvalue weighted by Gasteiger charge is 2.07. The van der Waals surface area contributed by atoms with Crippen LogP contribution in [0.3, 0.4) is 0 Å². The van der Waals surface area contributed by atoms with E-state index in [0.29, 0.717) is 6.54 Å². The summed E-state index contributed by atoms with van der Waals surface area (Å²) in [5.74, 6) is -0.878. The molecular weight excluding hydrogens is 224 g/mol. The molecule has 92 valence electrons. The summed E-state index contributed by atoms with van der Waals surface area (Å²) in [4.78, 5) is 3.94. The van der Waals surface area contributed by atoms with Crippen LogP contribution in [0.25, 0.3) is 0 Å². The van der Waals surface area contributed by atoms with E-state index < -0.39 is 11.6 Å². The summed E-state index contributed by atoms with van der Waals surface area (Å²) in [6.45, 7) is 4.24. The third-order valence-corrected chi connectivity index (χ3v) is 2.13. The van der Waals surface area contributed by atoms with E-state index in [4.69, 9.17) is 5.73 Å². The molecule has 0 aliphatic heterocycles. The molecule has 0 saturated carbocycles. The van der Waals surface area contributed by atoms with Gasteiger partial charge in [-0.2, -0.15) is 0 Å². The van der Waals surface area contributed by atoms with Gasteiger partial charge in [0, 0.05) is 18.7 Å². The summed E-state index contributed by atoms with van der Waals surface area (Å²) in [5, 5.41) is 2.77. The number of guanidine groups is 1. The van der Waals surface area contributed by atoms with Crippen molar-refractivity contribution in [2.24, 2.45) is 10.7 Å². The van der Waals surface area contributed by atoms with E-state index in [0.717, 1.165) is 0 Å². The summed E-state index contributed by atoms with van der Waals surface area (Å²) in [5.41, 5.74) is 5.54. The normalized spacial score (nSPS) is 11.3. The third-order valence-electron chi connectivity index (χ3n) is 2.13. The SMILES string of the molecule is C=CCNC(N)=NCCc1c(F)cccc1F. The molecule has 0 heterocycles. The minimum Gasteiger partial charge on any atom is -0.370 e. The molecule has 1 aromatic rings. The molecule has 3 N–H and O–H groups in total. The maximum atomic E-state index is 13.2. The Kier molecular flexibility index (Phi) is 5.13. The zero-order chi connectivity index (χ0) is 12.7. The van der Waals surface area contributed by atoms with E-state index in [1.54, 1.807) is 6.08 Å². The predicted octanol–water partition coefficient (Wildman–Crippen LogP) is 1.60. The van der Waals surface area contributed by atoms with Gasteiger partial charge in [-0.05, 0) is 18.6 Å². The molecule has 0 unspecified atom stereocenters. The lowest BCUT2D eigenvalue weighted by atomic mass is 10.1. The van der Waals surface area contributed by atoms with E-state index in [1.165, 1.54) is 18.2 Å². The van der Waals surface area contributed by atoms with Gasteiger partial charge in [0.1, 0.15) is 11.6 Å². The van der Waals surface area contributed by atoms with Crippen LogP contribution in [0.15, 0.2) is 35.8 Å². The Hall–Kier alpha value is -1.91. The van der Waals surface area contributed by atoms with Crippen molar-refractivity contribution in [3.05, 3.63) is 48.1 Å². The molecule has 17 heavy (non-hydrogen) atoms. The first kappa shape index (κ1) is 13.2. The van der Waals surface area contributed by atoms with Crippen molar-refractivity contribution in [3.8, 4) is 0 Å². The van der Waals surface area contributed by atoms with Crippen molar-refractivity contribution in [2.75, 3.05) is 13.1 Å². The van der Waals surface area contributed by atoms with Crippen molar-refractivity contribution in [1.82, 2.24) is 5.32 Å². The number of nitrogens with one attached hydrogen (secondary N) is 1. The topological polar surface area (TPSA) is 50.4 Å². The molecule has 0 atom stereocenters. The Labute approximate surface area is 99.0 Å². The first-order valence-corrected chi connectivity index (χ1v) is 5.22. The first-order chi connectivity index (χ1) is 8.15. The fourth-order valence-corrected chi connectivity index (χ4v) is 1.29. The fourth-order valence-electron chi connectivity index (χ4n) is 1.29. The Morgan fingerprint density at radius 2 is 2.06 bits per heavy atom. The van der Waals surface area contributed by atoms with Gasteiger partial charge in [-0.15, -0.1) is 6.58 Å². The summed E-state index contributed by atoms with van der Waals surface area (Å²) in [6.07, 6.45) is 1.81. The average molecular weight is 239 g/mol. The van der Waals surface area contributed by atoms with E-state index in [9.17, 15) is 8.78 Å². The molecule has 5 heteroatoms. The van der Waals surface area contributed by atoms with Crippen molar-refractivity contribution in [2.45, 2.75) is 6.42 Å². The van der Waals surface area contributed by atoms with Crippen LogP contribution >= 0.6 is 0 Å². The fraction of sp³-hybridized carbons (Fsp3) is 0.250. The zero-order valence-corrected chi connectivity index (χ0v) is 9.42. The molecule has 0 bridgehead atoms. The van der Waals surface area contributed by atoms with Crippen LogP contribution < -0.4 is 11.1 Å². The van der Waals surface area contributed by atoms with Crippen LogP contribution in [0, 0.1) is 11.6 Å². The predicted molar refractivity (Wildman–Crippen MR) is 64.8 cm³/mol. The molecule has 0 aliphatic rings. The summed E-state index contributed by atoms with van der Waals surface area (Å²) in [6, 6.07) is 3.78. The van der Waals surface area contributed by atoms with E-state index in [1.807, 2.05) is 0 Å². The number of aliphatic imine (C=N–C) groups is 1. The summed E-state index contributed by atoms with van der Waals surface area (Å²) >= 11 is 0. The smallest absolute Gasteiger partial charge is 0.188 e. The molecule has 0 radical (unpaired) electrons. The quantitative estimate of drug-likeness (QED) is 0.466. The van der Waals surface area contributed by atoms with Crippen LogP contribution in [-0.2, 0) is 6.42 Å². The van der Waals surface area contributed by atoms with Crippen molar-refractivity contribution in [3.63, 3.8) is 0 Å². The minimum atomic E-state index is -0.558. The van der Waals surface area contributed by atoms with Gasteiger partial charge in [0.05, 0.1) is 0 Å². The number of hydrogen-bond donors (Lipinski definition) is 2. The molecule has 1 rings (SSSR count). The zero-order valence-electron chi connectivity index (χ0n) is 9.42. The minimum absolute atomic E-state index is 0.0350. The lowest BCUT2D eigenvalue weighted by Gasteiger charge is -2.04. The van der Waals surface area contributed by atoms with Gasteiger partial charge in [0.25, 0.3) is 0 Å². The number of halogens is 2. The Morgan fingerprint density at radius 1 is 1.41 bits per heavy atom.